The Labute approximate surface area is 127 Å². The molecule has 2 aromatic heterocycles. The van der Waals surface area contributed by atoms with E-state index in [4.69, 9.17) is 0 Å². The smallest absolute Gasteiger partial charge is 0.241 e. The highest BCUT2D eigenvalue weighted by Crippen LogP contribution is 2.25. The average molecular weight is 330 g/mol. The Hall–Kier alpha value is -0.730. The molecule has 0 saturated heterocycles. The van der Waals surface area contributed by atoms with Gasteiger partial charge < -0.3 is 5.32 Å². The van der Waals surface area contributed by atoms with Crippen molar-refractivity contribution in [3.63, 3.8) is 0 Å². The molecule has 0 amide bonds. The predicted octanol–water partition coefficient (Wildman–Crippen LogP) is 2.88. The van der Waals surface area contributed by atoms with Gasteiger partial charge in [0, 0.05) is 26.6 Å². The second-order valence-corrected chi connectivity index (χ2v) is 8.60. The van der Waals surface area contributed by atoms with Crippen LogP contribution in [0.15, 0.2) is 28.5 Å². The minimum absolute atomic E-state index is 0.216. The van der Waals surface area contributed by atoms with Gasteiger partial charge in [-0.1, -0.05) is 0 Å². The summed E-state index contributed by atoms with van der Waals surface area (Å²) in [4.78, 5) is 3.55. The van der Waals surface area contributed by atoms with Crippen LogP contribution in [0.4, 0.5) is 0 Å². The maximum absolute atomic E-state index is 12.3. The van der Waals surface area contributed by atoms with E-state index in [0.717, 1.165) is 9.75 Å². The molecule has 4 nitrogen and oxygen atoms in total. The van der Waals surface area contributed by atoms with Crippen LogP contribution in [0.25, 0.3) is 0 Å². The Kier molecular flexibility index (Phi) is 4.98. The van der Waals surface area contributed by atoms with Crippen LogP contribution in [0.3, 0.4) is 0 Å². The molecule has 0 aliphatic carbocycles. The third kappa shape index (κ3) is 3.67. The van der Waals surface area contributed by atoms with Crippen LogP contribution in [-0.4, -0.2) is 15.5 Å². The Morgan fingerprint density at radius 3 is 2.70 bits per heavy atom. The molecule has 0 spiro atoms. The number of aryl methyl sites for hydroxylation is 1. The Morgan fingerprint density at radius 1 is 1.35 bits per heavy atom. The van der Waals surface area contributed by atoms with Gasteiger partial charge in [0.1, 0.15) is 0 Å². The van der Waals surface area contributed by atoms with Crippen LogP contribution < -0.4 is 10.0 Å². The second kappa shape index (κ2) is 6.36. The average Bonchev–Trinajstić information content (AvgIpc) is 2.98. The SMILES string of the molecule is CNCc1cc(S(=O)(=O)NC(C)c2ccc(C)s2)cs1. The third-order valence-corrected chi connectivity index (χ3v) is 6.60. The van der Waals surface area contributed by atoms with E-state index < -0.39 is 10.0 Å². The van der Waals surface area contributed by atoms with E-state index in [1.165, 1.54) is 16.2 Å². The summed E-state index contributed by atoms with van der Waals surface area (Å²) in [5.74, 6) is 0. The quantitative estimate of drug-likeness (QED) is 0.856. The lowest BCUT2D eigenvalue weighted by Crippen LogP contribution is -2.26. The van der Waals surface area contributed by atoms with Crippen LogP contribution in [0.5, 0.6) is 0 Å². The number of sulfonamides is 1. The molecular weight excluding hydrogens is 312 g/mol. The van der Waals surface area contributed by atoms with Crippen molar-refractivity contribution in [2.75, 3.05) is 7.05 Å². The molecule has 2 rings (SSSR count). The summed E-state index contributed by atoms with van der Waals surface area (Å²) >= 11 is 3.06. The number of rotatable bonds is 6. The van der Waals surface area contributed by atoms with E-state index in [2.05, 4.69) is 10.0 Å². The lowest BCUT2D eigenvalue weighted by atomic mass is 10.3. The zero-order valence-corrected chi connectivity index (χ0v) is 14.1. The Morgan fingerprint density at radius 2 is 2.10 bits per heavy atom. The van der Waals surface area contributed by atoms with Crippen LogP contribution in [0.2, 0.25) is 0 Å². The molecule has 0 aromatic carbocycles. The van der Waals surface area contributed by atoms with Crippen molar-refractivity contribution in [2.45, 2.75) is 31.3 Å². The van der Waals surface area contributed by atoms with E-state index in [1.807, 2.05) is 33.0 Å². The molecule has 2 heterocycles. The van der Waals surface area contributed by atoms with Gasteiger partial charge in [0.25, 0.3) is 0 Å². The molecule has 20 heavy (non-hydrogen) atoms. The van der Waals surface area contributed by atoms with Crippen molar-refractivity contribution in [3.05, 3.63) is 38.2 Å². The largest absolute Gasteiger partial charge is 0.315 e. The maximum atomic E-state index is 12.3. The first-order chi connectivity index (χ1) is 9.42. The van der Waals surface area contributed by atoms with Gasteiger partial charge in [0.15, 0.2) is 0 Å². The summed E-state index contributed by atoms with van der Waals surface area (Å²) < 4.78 is 27.4. The molecule has 110 valence electrons. The zero-order chi connectivity index (χ0) is 14.8. The Bertz CT molecular complexity index is 673. The van der Waals surface area contributed by atoms with Gasteiger partial charge >= 0.3 is 0 Å². The zero-order valence-electron chi connectivity index (χ0n) is 11.6. The number of nitrogens with one attached hydrogen (secondary N) is 2. The molecule has 0 fully saturated rings. The van der Waals surface area contributed by atoms with Gasteiger partial charge in [0.05, 0.1) is 10.9 Å². The monoisotopic (exact) mass is 330 g/mol. The first-order valence-electron chi connectivity index (χ1n) is 6.23. The highest BCUT2D eigenvalue weighted by molar-refractivity contribution is 7.89. The first kappa shape index (κ1) is 15.7. The van der Waals surface area contributed by atoms with Crippen molar-refractivity contribution in [1.29, 1.82) is 0 Å². The molecule has 0 saturated carbocycles. The molecule has 2 aromatic rings. The summed E-state index contributed by atoms with van der Waals surface area (Å²) in [5, 5.41) is 4.70. The van der Waals surface area contributed by atoms with E-state index in [0.29, 0.717) is 11.4 Å². The summed E-state index contributed by atoms with van der Waals surface area (Å²) in [7, 11) is -1.62. The van der Waals surface area contributed by atoms with Gasteiger partial charge in [-0.3, -0.25) is 0 Å². The second-order valence-electron chi connectivity index (χ2n) is 4.57. The summed E-state index contributed by atoms with van der Waals surface area (Å²) in [6, 6.07) is 5.47. The minimum Gasteiger partial charge on any atom is -0.315 e. The molecule has 7 heteroatoms. The van der Waals surface area contributed by atoms with Crippen LogP contribution >= 0.6 is 22.7 Å². The van der Waals surface area contributed by atoms with E-state index >= 15 is 0 Å². The molecule has 2 N–H and O–H groups in total. The molecular formula is C13H18N2O2S3. The van der Waals surface area contributed by atoms with Gasteiger partial charge in [-0.2, -0.15) is 0 Å². The minimum atomic E-state index is -3.46. The maximum Gasteiger partial charge on any atom is 0.241 e. The topological polar surface area (TPSA) is 58.2 Å². The third-order valence-electron chi connectivity index (χ3n) is 2.81. The fraction of sp³-hybridized carbons (Fsp3) is 0.385. The van der Waals surface area contributed by atoms with Gasteiger partial charge in [-0.15, -0.1) is 22.7 Å². The molecule has 0 aliphatic rings. The lowest BCUT2D eigenvalue weighted by molar-refractivity contribution is 0.569. The van der Waals surface area contributed by atoms with Gasteiger partial charge in [-0.25, -0.2) is 13.1 Å². The molecule has 1 atom stereocenters. The van der Waals surface area contributed by atoms with Gasteiger partial charge in [0.2, 0.25) is 10.0 Å². The van der Waals surface area contributed by atoms with Crippen molar-refractivity contribution in [1.82, 2.24) is 10.0 Å². The van der Waals surface area contributed by atoms with Crippen LogP contribution in [-0.2, 0) is 16.6 Å². The fourth-order valence-electron chi connectivity index (χ4n) is 1.81. The van der Waals surface area contributed by atoms with Crippen molar-refractivity contribution < 1.29 is 8.42 Å². The van der Waals surface area contributed by atoms with E-state index in [9.17, 15) is 8.42 Å². The van der Waals surface area contributed by atoms with E-state index in [1.54, 1.807) is 22.8 Å². The number of hydrogen-bond donors (Lipinski definition) is 2. The molecule has 1 unspecified atom stereocenters. The fourth-order valence-corrected chi connectivity index (χ4v) is 5.28. The van der Waals surface area contributed by atoms with Gasteiger partial charge in [-0.05, 0) is 39.1 Å². The van der Waals surface area contributed by atoms with Crippen molar-refractivity contribution in [2.24, 2.45) is 0 Å². The molecule has 0 bridgehead atoms. The van der Waals surface area contributed by atoms with E-state index in [-0.39, 0.29) is 6.04 Å². The Balaban J connectivity index is 2.13. The molecule has 0 aliphatic heterocycles. The summed E-state index contributed by atoms with van der Waals surface area (Å²) in [6.07, 6.45) is 0. The van der Waals surface area contributed by atoms with Crippen molar-refractivity contribution >= 4 is 32.7 Å². The number of hydrogen-bond acceptors (Lipinski definition) is 5. The highest BCUT2D eigenvalue weighted by Gasteiger charge is 2.20. The standard InChI is InChI=1S/C13H18N2O2S3/c1-9-4-5-13(19-9)10(2)15-20(16,17)12-6-11(7-14-3)18-8-12/h4-6,8,10,14-15H,7H2,1-3H3. The summed E-state index contributed by atoms with van der Waals surface area (Å²) in [6.45, 7) is 4.56. The number of thiophene rings is 2. The summed E-state index contributed by atoms with van der Waals surface area (Å²) in [5.41, 5.74) is 0. The highest BCUT2D eigenvalue weighted by atomic mass is 32.2. The first-order valence-corrected chi connectivity index (χ1v) is 9.41. The molecule has 0 radical (unpaired) electrons. The predicted molar refractivity (Wildman–Crippen MR) is 84.9 cm³/mol. The normalized spacial score (nSPS) is 13.6. The van der Waals surface area contributed by atoms with Crippen LogP contribution in [0.1, 0.15) is 27.6 Å². The lowest BCUT2D eigenvalue weighted by Gasteiger charge is -2.11. The van der Waals surface area contributed by atoms with Crippen LogP contribution in [0, 0.1) is 6.92 Å². The van der Waals surface area contributed by atoms with Crippen molar-refractivity contribution in [3.8, 4) is 0 Å².